The second-order valence-electron chi connectivity index (χ2n) is 3.81. The predicted octanol–water partition coefficient (Wildman–Crippen LogP) is -0.215. The van der Waals surface area contributed by atoms with E-state index in [0.29, 0.717) is 4.32 Å². The van der Waals surface area contributed by atoms with Crippen molar-refractivity contribution in [3.05, 3.63) is 0 Å². The van der Waals surface area contributed by atoms with Gasteiger partial charge >= 0.3 is 0 Å². The number of aliphatic hydroxyl groups is 3. The second kappa shape index (κ2) is 6.86. The van der Waals surface area contributed by atoms with Crippen molar-refractivity contribution in [1.29, 1.82) is 0 Å². The first-order valence-electron chi connectivity index (χ1n) is 5.62. The van der Waals surface area contributed by atoms with E-state index in [4.69, 9.17) is 17.0 Å². The summed E-state index contributed by atoms with van der Waals surface area (Å²) in [6, 6.07) is 0. The lowest BCUT2D eigenvalue weighted by molar-refractivity contribution is -0.161. The Morgan fingerprint density at radius 1 is 1.29 bits per heavy atom. The third-order valence-electron chi connectivity index (χ3n) is 2.69. The normalized spacial score (nSPS) is 33.5. The average molecular weight is 281 g/mol. The molecule has 3 N–H and O–H groups in total. The summed E-state index contributed by atoms with van der Waals surface area (Å²) in [4.78, 5) is 1.97. The number of thiocarbonyl (C=S) groups is 1. The summed E-state index contributed by atoms with van der Waals surface area (Å²) in [6.45, 7) is 5.57. The summed E-state index contributed by atoms with van der Waals surface area (Å²) < 4.78 is 5.90. The molecule has 0 saturated carbocycles. The fraction of sp³-hybridized carbons (Fsp3) is 0.900. The number of hydrogen-bond acceptors (Lipinski definition) is 6. The molecule has 0 spiro atoms. The molecular weight excluding hydrogens is 262 g/mol. The van der Waals surface area contributed by atoms with Crippen LogP contribution in [0.4, 0.5) is 0 Å². The standard InChI is InChI=1S/C10H19NO4S2/c1-3-11(4-2)10(16)17-9-8(14)7(13)6(12)5-15-9/h6-9,12-14H,3-5H2,1-2H3/t6-,7+,8-,9?/m1/s1. The smallest absolute Gasteiger partial charge is 0.138 e. The van der Waals surface area contributed by atoms with Gasteiger partial charge in [-0.2, -0.15) is 0 Å². The Kier molecular flexibility index (Phi) is 6.11. The molecular formula is C10H19NO4S2. The summed E-state index contributed by atoms with van der Waals surface area (Å²) >= 11 is 6.44. The molecule has 0 aromatic rings. The lowest BCUT2D eigenvalue weighted by Gasteiger charge is -2.35. The third kappa shape index (κ3) is 3.77. The van der Waals surface area contributed by atoms with Crippen LogP contribution in [0.5, 0.6) is 0 Å². The summed E-state index contributed by atoms with van der Waals surface area (Å²) in [7, 11) is 0. The van der Waals surface area contributed by atoms with E-state index < -0.39 is 23.7 Å². The molecule has 0 amide bonds. The Balaban J connectivity index is 2.54. The quantitative estimate of drug-likeness (QED) is 0.618. The molecule has 1 aliphatic heterocycles. The van der Waals surface area contributed by atoms with E-state index in [-0.39, 0.29) is 6.61 Å². The van der Waals surface area contributed by atoms with Gasteiger partial charge in [0.15, 0.2) is 0 Å². The Morgan fingerprint density at radius 2 is 1.88 bits per heavy atom. The molecule has 4 atom stereocenters. The highest BCUT2D eigenvalue weighted by molar-refractivity contribution is 8.23. The van der Waals surface area contributed by atoms with Gasteiger partial charge in [-0.15, -0.1) is 0 Å². The molecule has 1 rings (SSSR count). The van der Waals surface area contributed by atoms with Crippen LogP contribution in [0.3, 0.4) is 0 Å². The Bertz CT molecular complexity index is 263. The van der Waals surface area contributed by atoms with Crippen LogP contribution in [0.15, 0.2) is 0 Å². The van der Waals surface area contributed by atoms with Gasteiger partial charge in [-0.3, -0.25) is 0 Å². The lowest BCUT2D eigenvalue weighted by atomic mass is 10.1. The van der Waals surface area contributed by atoms with Crippen molar-refractivity contribution in [1.82, 2.24) is 4.90 Å². The molecule has 0 bridgehead atoms. The zero-order chi connectivity index (χ0) is 13.0. The maximum atomic E-state index is 9.75. The van der Waals surface area contributed by atoms with Crippen molar-refractivity contribution in [3.8, 4) is 0 Å². The molecule has 100 valence electrons. The van der Waals surface area contributed by atoms with E-state index in [2.05, 4.69) is 0 Å². The molecule has 7 heteroatoms. The molecule has 0 aliphatic carbocycles. The van der Waals surface area contributed by atoms with Gasteiger partial charge in [0.2, 0.25) is 0 Å². The number of ether oxygens (including phenoxy) is 1. The van der Waals surface area contributed by atoms with E-state index in [1.54, 1.807) is 0 Å². The Hall–Kier alpha value is 0.0800. The summed E-state index contributed by atoms with van der Waals surface area (Å²) in [5.74, 6) is 0. The highest BCUT2D eigenvalue weighted by Gasteiger charge is 2.38. The molecule has 1 aliphatic rings. The van der Waals surface area contributed by atoms with Crippen LogP contribution < -0.4 is 0 Å². The fourth-order valence-electron chi connectivity index (χ4n) is 1.54. The highest BCUT2D eigenvalue weighted by Crippen LogP contribution is 2.26. The molecule has 1 unspecified atom stereocenters. The van der Waals surface area contributed by atoms with Gasteiger partial charge in [0.05, 0.1) is 6.61 Å². The molecule has 1 saturated heterocycles. The van der Waals surface area contributed by atoms with Crippen molar-refractivity contribution in [3.63, 3.8) is 0 Å². The van der Waals surface area contributed by atoms with Gasteiger partial charge in [-0.05, 0) is 13.8 Å². The van der Waals surface area contributed by atoms with Gasteiger partial charge < -0.3 is 25.0 Å². The van der Waals surface area contributed by atoms with Gasteiger partial charge in [0, 0.05) is 13.1 Å². The van der Waals surface area contributed by atoms with E-state index in [1.807, 2.05) is 18.7 Å². The molecule has 1 heterocycles. The zero-order valence-corrected chi connectivity index (χ0v) is 11.6. The lowest BCUT2D eigenvalue weighted by Crippen LogP contribution is -2.52. The first kappa shape index (κ1) is 15.1. The number of aliphatic hydroxyl groups excluding tert-OH is 3. The second-order valence-corrected chi connectivity index (χ2v) is 5.54. The summed E-state index contributed by atoms with van der Waals surface area (Å²) in [5, 5.41) is 28.6. The van der Waals surface area contributed by atoms with Crippen molar-refractivity contribution in [2.75, 3.05) is 19.7 Å². The molecule has 1 fully saturated rings. The minimum atomic E-state index is -1.18. The van der Waals surface area contributed by atoms with Crippen LogP contribution >= 0.6 is 24.0 Å². The molecule has 17 heavy (non-hydrogen) atoms. The predicted molar refractivity (Wildman–Crippen MR) is 70.9 cm³/mol. The minimum absolute atomic E-state index is 0.0107. The number of rotatable bonds is 3. The van der Waals surface area contributed by atoms with Crippen molar-refractivity contribution >= 4 is 28.3 Å². The first-order valence-corrected chi connectivity index (χ1v) is 6.91. The fourth-order valence-corrected chi connectivity index (χ4v) is 3.13. The third-order valence-corrected chi connectivity index (χ3v) is 4.35. The van der Waals surface area contributed by atoms with Gasteiger partial charge in [0.25, 0.3) is 0 Å². The van der Waals surface area contributed by atoms with Crippen molar-refractivity contribution < 1.29 is 20.1 Å². The summed E-state index contributed by atoms with van der Waals surface area (Å²) in [5.41, 5.74) is -0.624. The van der Waals surface area contributed by atoms with Crippen LogP contribution in [0.2, 0.25) is 0 Å². The number of hydrogen-bond donors (Lipinski definition) is 3. The van der Waals surface area contributed by atoms with Crippen LogP contribution in [0.1, 0.15) is 13.8 Å². The first-order chi connectivity index (χ1) is 8.01. The van der Waals surface area contributed by atoms with E-state index in [0.717, 1.165) is 13.1 Å². The minimum Gasteiger partial charge on any atom is -0.388 e. The van der Waals surface area contributed by atoms with Gasteiger partial charge in [0.1, 0.15) is 28.1 Å². The zero-order valence-electron chi connectivity index (χ0n) is 9.94. The maximum Gasteiger partial charge on any atom is 0.138 e. The number of nitrogens with zero attached hydrogens (tertiary/aromatic N) is 1. The monoisotopic (exact) mass is 281 g/mol. The highest BCUT2D eigenvalue weighted by atomic mass is 32.2. The van der Waals surface area contributed by atoms with E-state index >= 15 is 0 Å². The topological polar surface area (TPSA) is 73.2 Å². The average Bonchev–Trinajstić information content (AvgIpc) is 2.31. The molecule has 0 radical (unpaired) electrons. The Labute approximate surface area is 111 Å². The van der Waals surface area contributed by atoms with E-state index in [1.165, 1.54) is 11.8 Å². The maximum absolute atomic E-state index is 9.75. The molecule has 0 aromatic carbocycles. The Morgan fingerprint density at radius 3 is 2.41 bits per heavy atom. The molecule has 5 nitrogen and oxygen atoms in total. The van der Waals surface area contributed by atoms with Crippen molar-refractivity contribution in [2.45, 2.75) is 37.6 Å². The molecule has 0 aromatic heterocycles. The van der Waals surface area contributed by atoms with Gasteiger partial charge in [-0.1, -0.05) is 24.0 Å². The largest absolute Gasteiger partial charge is 0.388 e. The van der Waals surface area contributed by atoms with Crippen LogP contribution in [0.25, 0.3) is 0 Å². The van der Waals surface area contributed by atoms with Crippen LogP contribution in [0, 0.1) is 0 Å². The van der Waals surface area contributed by atoms with Crippen LogP contribution in [-0.2, 0) is 4.74 Å². The van der Waals surface area contributed by atoms with E-state index in [9.17, 15) is 15.3 Å². The number of thioether (sulfide) groups is 1. The van der Waals surface area contributed by atoms with Gasteiger partial charge in [-0.25, -0.2) is 0 Å². The van der Waals surface area contributed by atoms with Crippen LogP contribution in [-0.4, -0.2) is 68.0 Å². The van der Waals surface area contributed by atoms with Crippen molar-refractivity contribution in [2.24, 2.45) is 0 Å². The SMILES string of the molecule is CCN(CC)C(=S)SC1OC[C@@H](O)[C@H](O)[C@H]1O. The summed E-state index contributed by atoms with van der Waals surface area (Å²) in [6.07, 6.45) is -3.35.